The lowest BCUT2D eigenvalue weighted by atomic mass is 9.89. The predicted molar refractivity (Wildman–Crippen MR) is 168 cm³/mol. The van der Waals surface area contributed by atoms with Crippen molar-refractivity contribution in [3.05, 3.63) is 23.8 Å². The highest BCUT2D eigenvalue weighted by atomic mass is 16.5. The first kappa shape index (κ1) is 34.1. The van der Waals surface area contributed by atoms with Gasteiger partial charge in [-0.1, -0.05) is 26.2 Å². The van der Waals surface area contributed by atoms with Crippen LogP contribution in [0, 0.1) is 11.8 Å². The van der Waals surface area contributed by atoms with Gasteiger partial charge in [-0.2, -0.15) is 0 Å². The minimum Gasteiger partial charge on any atom is -0.490 e. The largest absolute Gasteiger partial charge is 0.490 e. The van der Waals surface area contributed by atoms with Crippen molar-refractivity contribution < 1.29 is 24.2 Å². The van der Waals surface area contributed by atoms with E-state index >= 15 is 0 Å². The molecule has 0 unspecified atom stereocenters. The molecule has 0 spiro atoms. The number of likely N-dealkylation sites (N-methyl/N-ethyl adjacent to an activating group) is 1. The SMILES string of the molecule is CC(C)NC(=O)Nc1ccc2c(c1)C(=O)N([C@H](C)CO)C[C@H](C)[C@@H](CN(C)CC1CCCCC1)OCCCC[C@H](C)O2. The molecular weight excluding hydrogens is 532 g/mol. The Morgan fingerprint density at radius 1 is 1.07 bits per heavy atom. The molecule has 4 atom stereocenters. The second-order valence-electron chi connectivity index (χ2n) is 13.0. The molecule has 42 heavy (non-hydrogen) atoms. The molecule has 3 amide bonds. The van der Waals surface area contributed by atoms with Gasteiger partial charge in [0.15, 0.2) is 0 Å². The summed E-state index contributed by atoms with van der Waals surface area (Å²) in [5, 5.41) is 15.8. The van der Waals surface area contributed by atoms with Crippen molar-refractivity contribution in [3.8, 4) is 5.75 Å². The number of aliphatic hydroxyl groups is 1. The number of nitrogens with zero attached hydrogens (tertiary/aromatic N) is 2. The van der Waals surface area contributed by atoms with Gasteiger partial charge < -0.3 is 35.0 Å². The first-order valence-corrected chi connectivity index (χ1v) is 16.2. The van der Waals surface area contributed by atoms with Crippen LogP contribution in [0.1, 0.15) is 96.3 Å². The average molecular weight is 589 g/mol. The molecule has 1 aromatic rings. The molecule has 1 fully saturated rings. The quantitative estimate of drug-likeness (QED) is 0.369. The smallest absolute Gasteiger partial charge is 0.319 e. The number of aliphatic hydroxyl groups excluding tert-OH is 1. The zero-order chi connectivity index (χ0) is 30.6. The second kappa shape index (κ2) is 17.1. The van der Waals surface area contributed by atoms with Crippen LogP contribution in [0.5, 0.6) is 5.75 Å². The molecule has 2 aliphatic rings. The summed E-state index contributed by atoms with van der Waals surface area (Å²) >= 11 is 0. The summed E-state index contributed by atoms with van der Waals surface area (Å²) in [6, 6.07) is 4.45. The third-order valence-corrected chi connectivity index (χ3v) is 8.52. The Kier molecular flexibility index (Phi) is 13.9. The van der Waals surface area contributed by atoms with E-state index in [0.717, 1.165) is 38.3 Å². The van der Waals surface area contributed by atoms with Crippen LogP contribution in [0.25, 0.3) is 0 Å². The Hall–Kier alpha value is -2.36. The van der Waals surface area contributed by atoms with Crippen molar-refractivity contribution >= 4 is 17.6 Å². The molecule has 1 aliphatic heterocycles. The van der Waals surface area contributed by atoms with Crippen LogP contribution in [-0.2, 0) is 4.74 Å². The zero-order valence-corrected chi connectivity index (χ0v) is 26.9. The van der Waals surface area contributed by atoms with Crippen LogP contribution < -0.4 is 15.4 Å². The maximum absolute atomic E-state index is 14.2. The van der Waals surface area contributed by atoms with Gasteiger partial charge in [0.25, 0.3) is 5.91 Å². The molecule has 1 aromatic carbocycles. The lowest BCUT2D eigenvalue weighted by molar-refractivity contribution is -0.0190. The highest BCUT2D eigenvalue weighted by Gasteiger charge is 2.31. The molecule has 3 N–H and O–H groups in total. The molecule has 1 heterocycles. The number of urea groups is 1. The number of carbonyl (C=O) groups excluding carboxylic acids is 2. The molecule has 0 bridgehead atoms. The van der Waals surface area contributed by atoms with E-state index < -0.39 is 6.04 Å². The summed E-state index contributed by atoms with van der Waals surface area (Å²) in [6.45, 7) is 12.6. The Bertz CT molecular complexity index is 983. The zero-order valence-electron chi connectivity index (χ0n) is 26.9. The first-order valence-electron chi connectivity index (χ1n) is 16.2. The maximum atomic E-state index is 14.2. The summed E-state index contributed by atoms with van der Waals surface area (Å²) in [6.07, 6.45) is 9.23. The molecule has 0 aromatic heterocycles. The highest BCUT2D eigenvalue weighted by Crippen LogP contribution is 2.29. The lowest BCUT2D eigenvalue weighted by Crippen LogP contribution is -2.47. The molecule has 0 saturated heterocycles. The standard InChI is InChI=1S/C33H56N4O5/c1-23(2)34-33(40)35-28-15-16-30-29(18-28)32(39)37(25(4)22-38)19-24(3)31(41-17-11-10-12-26(5)42-30)21-36(6)20-27-13-8-7-9-14-27/h15-16,18,23-27,31,38H,7-14,17,19-22H2,1-6H3,(H2,34,35,40)/t24-,25+,26-,31+/m0/s1. The normalized spacial score (nSPS) is 24.1. The van der Waals surface area contributed by atoms with Crippen LogP contribution in [0.15, 0.2) is 18.2 Å². The highest BCUT2D eigenvalue weighted by molar-refractivity contribution is 5.99. The van der Waals surface area contributed by atoms with Crippen molar-refractivity contribution in [2.24, 2.45) is 11.8 Å². The average Bonchev–Trinajstić information content (AvgIpc) is 2.94. The third-order valence-electron chi connectivity index (χ3n) is 8.52. The van der Waals surface area contributed by atoms with Crippen molar-refractivity contribution in [2.45, 2.75) is 110 Å². The number of ether oxygens (including phenoxy) is 2. The number of amides is 3. The summed E-state index contributed by atoms with van der Waals surface area (Å²) in [5.41, 5.74) is 0.883. The van der Waals surface area contributed by atoms with E-state index in [1.165, 1.54) is 32.1 Å². The van der Waals surface area contributed by atoms with Gasteiger partial charge in [-0.3, -0.25) is 4.79 Å². The number of nitrogens with one attached hydrogen (secondary N) is 2. The van der Waals surface area contributed by atoms with E-state index in [-0.39, 0.29) is 42.7 Å². The molecule has 0 radical (unpaired) electrons. The Morgan fingerprint density at radius 3 is 2.48 bits per heavy atom. The predicted octanol–water partition coefficient (Wildman–Crippen LogP) is 5.52. The lowest BCUT2D eigenvalue weighted by Gasteiger charge is -2.36. The number of benzene rings is 1. The topological polar surface area (TPSA) is 103 Å². The Labute approximate surface area is 253 Å². The number of hydrogen-bond donors (Lipinski definition) is 3. The minimum absolute atomic E-state index is 0.0209. The van der Waals surface area contributed by atoms with Crippen LogP contribution in [-0.4, -0.2) is 91.0 Å². The monoisotopic (exact) mass is 588 g/mol. The van der Waals surface area contributed by atoms with E-state index in [1.807, 2.05) is 27.7 Å². The van der Waals surface area contributed by atoms with E-state index in [2.05, 4.69) is 29.5 Å². The molecule has 1 saturated carbocycles. The number of hydrogen-bond acceptors (Lipinski definition) is 6. The van der Waals surface area contributed by atoms with Crippen molar-refractivity contribution in [1.29, 1.82) is 0 Å². The number of rotatable bonds is 8. The van der Waals surface area contributed by atoms with Crippen LogP contribution in [0.2, 0.25) is 0 Å². The molecule has 9 heteroatoms. The van der Waals surface area contributed by atoms with Gasteiger partial charge >= 0.3 is 6.03 Å². The number of carbonyl (C=O) groups is 2. The first-order chi connectivity index (χ1) is 20.1. The summed E-state index contributed by atoms with van der Waals surface area (Å²) in [7, 11) is 2.19. The van der Waals surface area contributed by atoms with Gasteiger partial charge in [0.1, 0.15) is 5.75 Å². The van der Waals surface area contributed by atoms with Crippen molar-refractivity contribution in [1.82, 2.24) is 15.1 Å². The van der Waals surface area contributed by atoms with Gasteiger partial charge in [0, 0.05) is 43.9 Å². The summed E-state index contributed by atoms with van der Waals surface area (Å²) in [5.74, 6) is 1.04. The second-order valence-corrected chi connectivity index (χ2v) is 13.0. The van der Waals surface area contributed by atoms with Gasteiger partial charge in [-0.25, -0.2) is 4.79 Å². The van der Waals surface area contributed by atoms with Crippen molar-refractivity contribution in [2.75, 3.05) is 45.2 Å². The Morgan fingerprint density at radius 2 is 1.79 bits per heavy atom. The van der Waals surface area contributed by atoms with Crippen LogP contribution in [0.3, 0.4) is 0 Å². The van der Waals surface area contributed by atoms with E-state index in [1.54, 1.807) is 23.1 Å². The van der Waals surface area contributed by atoms with E-state index in [9.17, 15) is 14.7 Å². The van der Waals surface area contributed by atoms with E-state index in [4.69, 9.17) is 9.47 Å². The van der Waals surface area contributed by atoms with Gasteiger partial charge in [0.2, 0.25) is 0 Å². The van der Waals surface area contributed by atoms with Crippen molar-refractivity contribution in [3.63, 3.8) is 0 Å². The fraction of sp³-hybridized carbons (Fsp3) is 0.758. The van der Waals surface area contributed by atoms with Gasteiger partial charge in [0.05, 0.1) is 30.4 Å². The minimum atomic E-state index is -0.403. The van der Waals surface area contributed by atoms with Crippen LogP contribution in [0.4, 0.5) is 10.5 Å². The molecule has 238 valence electrons. The number of fused-ring (bicyclic) bond motifs is 1. The van der Waals surface area contributed by atoms with E-state index in [0.29, 0.717) is 30.2 Å². The van der Waals surface area contributed by atoms with Gasteiger partial charge in [-0.15, -0.1) is 0 Å². The van der Waals surface area contributed by atoms with Gasteiger partial charge in [-0.05, 0) is 91.0 Å². The fourth-order valence-corrected chi connectivity index (χ4v) is 6.08. The molecular formula is C33H56N4O5. The molecule has 9 nitrogen and oxygen atoms in total. The molecule has 1 aliphatic carbocycles. The summed E-state index contributed by atoms with van der Waals surface area (Å²) in [4.78, 5) is 30.8. The third kappa shape index (κ3) is 10.7. The summed E-state index contributed by atoms with van der Waals surface area (Å²) < 4.78 is 12.8. The number of anilines is 1. The fourth-order valence-electron chi connectivity index (χ4n) is 6.08. The Balaban J connectivity index is 1.87. The van der Waals surface area contributed by atoms with Crippen LogP contribution >= 0.6 is 0 Å². The maximum Gasteiger partial charge on any atom is 0.319 e. The molecule has 3 rings (SSSR count).